The molecule has 1 unspecified atom stereocenters. The smallest absolute Gasteiger partial charge is 0.0946 e. The second-order valence-electron chi connectivity index (χ2n) is 6.49. The van der Waals surface area contributed by atoms with Gasteiger partial charge in [0.15, 0.2) is 0 Å². The van der Waals surface area contributed by atoms with Gasteiger partial charge in [0.2, 0.25) is 0 Å². The van der Waals surface area contributed by atoms with E-state index in [4.69, 9.17) is 0 Å². The van der Waals surface area contributed by atoms with E-state index in [1.165, 1.54) is 83.5 Å². The van der Waals surface area contributed by atoms with Crippen molar-refractivity contribution >= 4 is 6.34 Å². The second kappa shape index (κ2) is 17.3. The van der Waals surface area contributed by atoms with Gasteiger partial charge in [0, 0.05) is 12.2 Å². The third kappa shape index (κ3) is 13.1. The normalized spacial score (nSPS) is 12.4. The van der Waals surface area contributed by atoms with E-state index in [-0.39, 0.29) is 0 Å². The van der Waals surface area contributed by atoms with Crippen LogP contribution in [-0.4, -0.2) is 17.3 Å². The first-order valence-electron chi connectivity index (χ1n) is 9.84. The molecule has 0 aromatic carbocycles. The van der Waals surface area contributed by atoms with Crippen LogP contribution in [-0.2, 0) is 0 Å². The molecule has 134 valence electrons. The molecule has 1 atom stereocenters. The first-order valence-corrected chi connectivity index (χ1v) is 9.84. The Morgan fingerprint density at radius 2 is 1.26 bits per heavy atom. The number of nitrogens with zero attached hydrogens (tertiary/aromatic N) is 2. The average Bonchev–Trinajstić information content (AvgIpc) is 2.57. The van der Waals surface area contributed by atoms with Crippen molar-refractivity contribution in [1.82, 2.24) is 4.90 Å². The molecule has 0 aliphatic rings. The summed E-state index contributed by atoms with van der Waals surface area (Å²) in [7, 11) is 0. The van der Waals surface area contributed by atoms with Crippen molar-refractivity contribution in [2.75, 3.05) is 0 Å². The van der Waals surface area contributed by atoms with Crippen LogP contribution in [0.5, 0.6) is 0 Å². The molecule has 0 spiro atoms. The van der Waals surface area contributed by atoms with Gasteiger partial charge >= 0.3 is 0 Å². The number of hydrogen-bond acceptors (Lipinski definition) is 1. The maximum Gasteiger partial charge on any atom is 0.0946 e. The predicted molar refractivity (Wildman–Crippen MR) is 106 cm³/mol. The topological polar surface area (TPSA) is 15.6 Å². The molecule has 0 rings (SSSR count). The van der Waals surface area contributed by atoms with Crippen LogP contribution in [0.25, 0.3) is 0 Å². The summed E-state index contributed by atoms with van der Waals surface area (Å²) in [6.07, 6.45) is 22.7. The third-order valence-electron chi connectivity index (χ3n) is 4.47. The van der Waals surface area contributed by atoms with E-state index in [9.17, 15) is 0 Å². The summed E-state index contributed by atoms with van der Waals surface area (Å²) in [5.41, 5.74) is 0. The molecule has 0 bridgehead atoms. The lowest BCUT2D eigenvalue weighted by Gasteiger charge is -2.27. The molecule has 0 aliphatic carbocycles. The molecule has 0 aromatic rings. The molecule has 0 heterocycles. The average molecular weight is 321 g/mol. The summed E-state index contributed by atoms with van der Waals surface area (Å²) in [6, 6.07) is 0.545. The van der Waals surface area contributed by atoms with Crippen molar-refractivity contribution < 1.29 is 0 Å². The van der Waals surface area contributed by atoms with Gasteiger partial charge in [-0.15, -0.1) is 0 Å². The van der Waals surface area contributed by atoms with Crippen LogP contribution in [0.2, 0.25) is 0 Å². The second-order valence-corrected chi connectivity index (χ2v) is 6.49. The van der Waals surface area contributed by atoms with Crippen LogP contribution >= 0.6 is 0 Å². The van der Waals surface area contributed by atoms with Gasteiger partial charge in [-0.1, -0.05) is 97.6 Å². The standard InChI is InChI=1S/C21H40N2/c1-5-9-11-13-15-17-19-21(18-16-14-12-10-6-2)23(8-4)20-22-7-3/h7-8,20-21H,3-6,9-19H2,1-2H3. The summed E-state index contributed by atoms with van der Waals surface area (Å²) in [6.45, 7) is 12.2. The Kier molecular flexibility index (Phi) is 16.5. The third-order valence-corrected chi connectivity index (χ3v) is 4.47. The molecule has 0 N–H and O–H groups in total. The molecular formula is C21H40N2. The Labute approximate surface area is 145 Å². The fraction of sp³-hybridized carbons (Fsp3) is 0.762. The van der Waals surface area contributed by atoms with E-state index in [1.54, 1.807) is 6.20 Å². The molecular weight excluding hydrogens is 280 g/mol. The number of unbranched alkanes of at least 4 members (excludes halogenated alkanes) is 9. The van der Waals surface area contributed by atoms with Crippen molar-refractivity contribution in [3.05, 3.63) is 25.6 Å². The Balaban J connectivity index is 4.21. The molecule has 0 amide bonds. The summed E-state index contributed by atoms with van der Waals surface area (Å²) in [4.78, 5) is 6.37. The highest BCUT2D eigenvalue weighted by Crippen LogP contribution is 2.18. The molecule has 0 fully saturated rings. The summed E-state index contributed by atoms with van der Waals surface area (Å²) in [5.74, 6) is 0. The van der Waals surface area contributed by atoms with E-state index < -0.39 is 0 Å². The van der Waals surface area contributed by atoms with Gasteiger partial charge < -0.3 is 4.90 Å². The number of rotatable bonds is 17. The molecule has 0 saturated heterocycles. The fourth-order valence-corrected chi connectivity index (χ4v) is 3.00. The minimum Gasteiger partial charge on any atom is -0.337 e. The maximum atomic E-state index is 4.18. The van der Waals surface area contributed by atoms with Gasteiger partial charge in [-0.05, 0) is 19.0 Å². The van der Waals surface area contributed by atoms with Crippen molar-refractivity contribution in [3.63, 3.8) is 0 Å². The van der Waals surface area contributed by atoms with E-state index >= 15 is 0 Å². The molecule has 2 heteroatoms. The van der Waals surface area contributed by atoms with Crippen LogP contribution in [0, 0.1) is 0 Å². The van der Waals surface area contributed by atoms with Gasteiger partial charge in [-0.25, -0.2) is 4.99 Å². The van der Waals surface area contributed by atoms with Crippen molar-refractivity contribution in [2.24, 2.45) is 4.99 Å². The molecule has 0 aromatic heterocycles. The zero-order chi connectivity index (χ0) is 17.2. The zero-order valence-corrected chi connectivity index (χ0v) is 15.8. The largest absolute Gasteiger partial charge is 0.337 e. The van der Waals surface area contributed by atoms with Gasteiger partial charge in [0.05, 0.1) is 6.34 Å². The van der Waals surface area contributed by atoms with Crippen LogP contribution in [0.3, 0.4) is 0 Å². The van der Waals surface area contributed by atoms with Gasteiger partial charge in [0.25, 0.3) is 0 Å². The Morgan fingerprint density at radius 1 is 0.783 bits per heavy atom. The van der Waals surface area contributed by atoms with Crippen LogP contribution in [0.1, 0.15) is 97.3 Å². The van der Waals surface area contributed by atoms with E-state index in [0.717, 1.165) is 0 Å². The monoisotopic (exact) mass is 320 g/mol. The molecule has 2 nitrogen and oxygen atoms in total. The van der Waals surface area contributed by atoms with E-state index in [1.807, 2.05) is 12.5 Å². The quantitative estimate of drug-likeness (QED) is 0.159. The van der Waals surface area contributed by atoms with Crippen LogP contribution in [0.4, 0.5) is 0 Å². The van der Waals surface area contributed by atoms with E-state index in [2.05, 4.69) is 36.9 Å². The van der Waals surface area contributed by atoms with E-state index in [0.29, 0.717) is 6.04 Å². The molecule has 23 heavy (non-hydrogen) atoms. The fourth-order valence-electron chi connectivity index (χ4n) is 3.00. The molecule has 0 saturated carbocycles. The predicted octanol–water partition coefficient (Wildman–Crippen LogP) is 7.08. The lowest BCUT2D eigenvalue weighted by Crippen LogP contribution is -2.29. The highest BCUT2D eigenvalue weighted by atomic mass is 15.2. The zero-order valence-electron chi connectivity index (χ0n) is 15.8. The Bertz CT molecular complexity index is 296. The van der Waals surface area contributed by atoms with Crippen molar-refractivity contribution in [2.45, 2.75) is 103 Å². The number of hydrogen-bond donors (Lipinski definition) is 0. The van der Waals surface area contributed by atoms with Crippen molar-refractivity contribution in [3.8, 4) is 0 Å². The van der Waals surface area contributed by atoms with Gasteiger partial charge in [-0.2, -0.15) is 0 Å². The molecule has 0 radical (unpaired) electrons. The minimum atomic E-state index is 0.545. The van der Waals surface area contributed by atoms with Gasteiger partial charge in [-0.3, -0.25) is 0 Å². The lowest BCUT2D eigenvalue weighted by molar-refractivity contribution is 0.338. The maximum absolute atomic E-state index is 4.18. The highest BCUT2D eigenvalue weighted by molar-refractivity contribution is 5.57. The first-order chi connectivity index (χ1) is 11.3. The summed E-state index contributed by atoms with van der Waals surface area (Å²) in [5, 5.41) is 0. The summed E-state index contributed by atoms with van der Waals surface area (Å²) < 4.78 is 0. The number of aliphatic imine (C=N–C) groups is 1. The Hall–Kier alpha value is -1.05. The molecule has 0 aliphatic heterocycles. The lowest BCUT2D eigenvalue weighted by atomic mass is 9.99. The van der Waals surface area contributed by atoms with Crippen LogP contribution < -0.4 is 0 Å². The minimum absolute atomic E-state index is 0.545. The SMILES string of the molecule is C=CN=CN(C=C)C(CCCCCCC)CCCCCCCC. The Morgan fingerprint density at radius 3 is 1.70 bits per heavy atom. The van der Waals surface area contributed by atoms with Crippen molar-refractivity contribution in [1.29, 1.82) is 0 Å². The van der Waals surface area contributed by atoms with Crippen LogP contribution in [0.15, 0.2) is 30.6 Å². The first kappa shape index (κ1) is 21.9. The summed E-state index contributed by atoms with van der Waals surface area (Å²) >= 11 is 0. The van der Waals surface area contributed by atoms with Gasteiger partial charge in [0.1, 0.15) is 0 Å². The highest BCUT2D eigenvalue weighted by Gasteiger charge is 2.13.